The smallest absolute Gasteiger partial charge is 0.0831 e. The molecular formula is C9H17NO2. The van der Waals surface area contributed by atoms with E-state index in [9.17, 15) is 0 Å². The van der Waals surface area contributed by atoms with Crippen LogP contribution in [0.2, 0.25) is 0 Å². The lowest BCUT2D eigenvalue weighted by molar-refractivity contribution is 0.0326. The number of ether oxygens (including phenoxy) is 2. The molecule has 2 heterocycles. The Morgan fingerprint density at radius 2 is 2.42 bits per heavy atom. The summed E-state index contributed by atoms with van der Waals surface area (Å²) in [4.78, 5) is 0. The predicted octanol–water partition coefficient (Wildman–Crippen LogP) is 0.544. The van der Waals surface area contributed by atoms with Gasteiger partial charge in [-0.3, -0.25) is 0 Å². The van der Waals surface area contributed by atoms with E-state index in [0.29, 0.717) is 12.1 Å². The topological polar surface area (TPSA) is 30.5 Å². The Morgan fingerprint density at radius 1 is 1.42 bits per heavy atom. The summed E-state index contributed by atoms with van der Waals surface area (Å²) in [5.74, 6) is 0. The Hall–Kier alpha value is -0.120. The summed E-state index contributed by atoms with van der Waals surface area (Å²) in [6.45, 7) is 3.71. The third kappa shape index (κ3) is 2.19. The van der Waals surface area contributed by atoms with Crippen LogP contribution in [0.25, 0.3) is 0 Å². The quantitative estimate of drug-likeness (QED) is 0.672. The van der Waals surface area contributed by atoms with Gasteiger partial charge in [0, 0.05) is 12.6 Å². The SMILES string of the molecule is C1CNC(COC2CCOC2)C1. The summed E-state index contributed by atoms with van der Waals surface area (Å²) >= 11 is 0. The van der Waals surface area contributed by atoms with Gasteiger partial charge in [-0.15, -0.1) is 0 Å². The van der Waals surface area contributed by atoms with Crippen LogP contribution < -0.4 is 5.32 Å². The Morgan fingerprint density at radius 3 is 3.08 bits per heavy atom. The summed E-state index contributed by atoms with van der Waals surface area (Å²) in [6.07, 6.45) is 4.02. The van der Waals surface area contributed by atoms with E-state index in [4.69, 9.17) is 9.47 Å². The molecule has 3 nitrogen and oxygen atoms in total. The van der Waals surface area contributed by atoms with Crippen molar-refractivity contribution in [3.05, 3.63) is 0 Å². The van der Waals surface area contributed by atoms with E-state index in [1.165, 1.54) is 12.8 Å². The van der Waals surface area contributed by atoms with E-state index >= 15 is 0 Å². The fourth-order valence-corrected chi connectivity index (χ4v) is 1.80. The maximum absolute atomic E-state index is 5.70. The molecule has 2 saturated heterocycles. The van der Waals surface area contributed by atoms with Crippen molar-refractivity contribution in [3.63, 3.8) is 0 Å². The van der Waals surface area contributed by atoms with Crippen molar-refractivity contribution in [2.24, 2.45) is 0 Å². The van der Waals surface area contributed by atoms with Crippen molar-refractivity contribution < 1.29 is 9.47 Å². The van der Waals surface area contributed by atoms with E-state index in [1.807, 2.05) is 0 Å². The Balaban J connectivity index is 1.60. The molecule has 2 aliphatic heterocycles. The number of hydrogen-bond acceptors (Lipinski definition) is 3. The summed E-state index contributed by atoms with van der Waals surface area (Å²) < 4.78 is 10.9. The lowest BCUT2D eigenvalue weighted by atomic mass is 10.2. The molecule has 2 rings (SSSR count). The summed E-state index contributed by atoms with van der Waals surface area (Å²) in [5, 5.41) is 3.41. The van der Waals surface area contributed by atoms with Gasteiger partial charge in [0.2, 0.25) is 0 Å². The average Bonchev–Trinajstić information content (AvgIpc) is 2.74. The highest BCUT2D eigenvalue weighted by atomic mass is 16.5. The zero-order chi connectivity index (χ0) is 8.23. The van der Waals surface area contributed by atoms with Gasteiger partial charge in [0.15, 0.2) is 0 Å². The molecule has 0 amide bonds. The van der Waals surface area contributed by atoms with Gasteiger partial charge in [-0.25, -0.2) is 0 Å². The molecule has 0 aromatic rings. The number of nitrogens with one attached hydrogen (secondary N) is 1. The van der Waals surface area contributed by atoms with Gasteiger partial charge < -0.3 is 14.8 Å². The Labute approximate surface area is 73.4 Å². The maximum atomic E-state index is 5.70. The fraction of sp³-hybridized carbons (Fsp3) is 1.00. The molecule has 0 aromatic carbocycles. The summed E-state index contributed by atoms with van der Waals surface area (Å²) in [6, 6.07) is 0.602. The van der Waals surface area contributed by atoms with Crippen molar-refractivity contribution in [1.82, 2.24) is 5.32 Å². The third-order valence-electron chi connectivity index (χ3n) is 2.58. The van der Waals surface area contributed by atoms with Gasteiger partial charge >= 0.3 is 0 Å². The molecule has 0 saturated carbocycles. The normalized spacial score (nSPS) is 36.0. The highest BCUT2D eigenvalue weighted by molar-refractivity contribution is 4.74. The van der Waals surface area contributed by atoms with Crippen LogP contribution in [0.5, 0.6) is 0 Å². The van der Waals surface area contributed by atoms with Crippen LogP contribution in [0.15, 0.2) is 0 Å². The minimum absolute atomic E-state index is 0.368. The third-order valence-corrected chi connectivity index (χ3v) is 2.58. The molecule has 0 aliphatic carbocycles. The van der Waals surface area contributed by atoms with Crippen LogP contribution in [0, 0.1) is 0 Å². The molecule has 2 fully saturated rings. The second-order valence-corrected chi connectivity index (χ2v) is 3.61. The molecule has 3 heteroatoms. The Bertz CT molecular complexity index is 112. The van der Waals surface area contributed by atoms with Crippen LogP contribution in [0.4, 0.5) is 0 Å². The maximum Gasteiger partial charge on any atom is 0.0831 e. The van der Waals surface area contributed by atoms with Crippen LogP contribution in [-0.2, 0) is 9.47 Å². The van der Waals surface area contributed by atoms with Crippen molar-refractivity contribution in [3.8, 4) is 0 Å². The zero-order valence-corrected chi connectivity index (χ0v) is 7.42. The molecule has 0 aromatic heterocycles. The van der Waals surface area contributed by atoms with Crippen LogP contribution in [0.1, 0.15) is 19.3 Å². The molecule has 0 radical (unpaired) electrons. The number of rotatable bonds is 3. The molecule has 2 unspecified atom stereocenters. The van der Waals surface area contributed by atoms with Gasteiger partial charge in [-0.05, 0) is 25.8 Å². The van der Waals surface area contributed by atoms with Crippen LogP contribution in [0.3, 0.4) is 0 Å². The van der Waals surface area contributed by atoms with Gasteiger partial charge in [-0.1, -0.05) is 0 Å². The molecule has 0 spiro atoms. The molecule has 1 N–H and O–H groups in total. The summed E-state index contributed by atoms with van der Waals surface area (Å²) in [5.41, 5.74) is 0. The first kappa shape index (κ1) is 8.48. The largest absolute Gasteiger partial charge is 0.379 e. The standard InChI is InChI=1S/C9H17NO2/c1-2-8(10-4-1)6-12-9-3-5-11-7-9/h8-10H,1-7H2. The predicted molar refractivity (Wildman–Crippen MR) is 46.2 cm³/mol. The van der Waals surface area contributed by atoms with Gasteiger partial charge in [0.25, 0.3) is 0 Å². The molecule has 12 heavy (non-hydrogen) atoms. The number of hydrogen-bond donors (Lipinski definition) is 1. The van der Waals surface area contributed by atoms with E-state index in [1.54, 1.807) is 0 Å². The van der Waals surface area contributed by atoms with Crippen molar-refractivity contribution in [2.75, 3.05) is 26.4 Å². The molecule has 70 valence electrons. The second-order valence-electron chi connectivity index (χ2n) is 3.61. The van der Waals surface area contributed by atoms with Gasteiger partial charge in [-0.2, -0.15) is 0 Å². The van der Waals surface area contributed by atoms with E-state index < -0.39 is 0 Å². The van der Waals surface area contributed by atoms with E-state index in [0.717, 1.165) is 32.8 Å². The van der Waals surface area contributed by atoms with Gasteiger partial charge in [0.05, 0.1) is 19.3 Å². The van der Waals surface area contributed by atoms with E-state index in [2.05, 4.69) is 5.32 Å². The van der Waals surface area contributed by atoms with Crippen molar-refractivity contribution >= 4 is 0 Å². The molecule has 0 bridgehead atoms. The van der Waals surface area contributed by atoms with Gasteiger partial charge in [0.1, 0.15) is 0 Å². The fourth-order valence-electron chi connectivity index (χ4n) is 1.80. The molecular weight excluding hydrogens is 154 g/mol. The van der Waals surface area contributed by atoms with Crippen LogP contribution in [-0.4, -0.2) is 38.5 Å². The molecule has 2 aliphatic rings. The monoisotopic (exact) mass is 171 g/mol. The van der Waals surface area contributed by atoms with Crippen molar-refractivity contribution in [1.29, 1.82) is 0 Å². The lowest BCUT2D eigenvalue weighted by Gasteiger charge is -2.14. The Kier molecular flexibility index (Phi) is 2.98. The first-order valence-corrected chi connectivity index (χ1v) is 4.88. The highest BCUT2D eigenvalue weighted by Crippen LogP contribution is 2.11. The van der Waals surface area contributed by atoms with Crippen LogP contribution >= 0.6 is 0 Å². The highest BCUT2D eigenvalue weighted by Gasteiger charge is 2.19. The second kappa shape index (κ2) is 4.21. The minimum atomic E-state index is 0.368. The zero-order valence-electron chi connectivity index (χ0n) is 7.42. The molecule has 2 atom stereocenters. The van der Waals surface area contributed by atoms with Crippen molar-refractivity contribution in [2.45, 2.75) is 31.4 Å². The first-order valence-electron chi connectivity index (χ1n) is 4.88. The van der Waals surface area contributed by atoms with E-state index in [-0.39, 0.29) is 0 Å². The average molecular weight is 171 g/mol. The summed E-state index contributed by atoms with van der Waals surface area (Å²) in [7, 11) is 0. The lowest BCUT2D eigenvalue weighted by Crippen LogP contribution is -2.29. The minimum Gasteiger partial charge on any atom is -0.379 e. The first-order chi connectivity index (χ1) is 5.95.